The van der Waals surface area contributed by atoms with Gasteiger partial charge in [0, 0.05) is 24.0 Å². The molecule has 1 aromatic heterocycles. The second kappa shape index (κ2) is 5.86. The molecule has 1 N–H and O–H groups in total. The number of carbonyl (C=O) groups excluding carboxylic acids is 2. The average molecular weight is 344 g/mol. The van der Waals surface area contributed by atoms with E-state index in [0.29, 0.717) is 24.3 Å². The molecule has 0 unspecified atom stereocenters. The van der Waals surface area contributed by atoms with Crippen LogP contribution in [-0.2, 0) is 21.5 Å². The maximum Gasteiger partial charge on any atom is 0.408 e. The first-order valence-corrected chi connectivity index (χ1v) is 8.43. The van der Waals surface area contributed by atoms with E-state index in [9.17, 15) is 9.59 Å². The zero-order valence-electron chi connectivity index (χ0n) is 15.3. The van der Waals surface area contributed by atoms with Gasteiger partial charge < -0.3 is 14.8 Å². The third-order valence-electron chi connectivity index (χ3n) is 4.51. The number of aromatic nitrogens is 1. The van der Waals surface area contributed by atoms with E-state index in [1.165, 1.54) is 0 Å². The molecule has 2 atom stereocenters. The van der Waals surface area contributed by atoms with Gasteiger partial charge in [-0.3, -0.25) is 4.79 Å². The monoisotopic (exact) mass is 344 g/mol. The van der Waals surface area contributed by atoms with Gasteiger partial charge in [0.15, 0.2) is 5.78 Å². The second-order valence-electron chi connectivity index (χ2n) is 7.74. The quantitative estimate of drug-likeness (QED) is 0.835. The summed E-state index contributed by atoms with van der Waals surface area (Å²) in [7, 11) is 1.56. The predicted molar refractivity (Wildman–Crippen MR) is 92.4 cm³/mol. The van der Waals surface area contributed by atoms with Crippen LogP contribution in [-0.4, -0.2) is 29.6 Å². The molecule has 1 heterocycles. The van der Waals surface area contributed by atoms with Crippen molar-refractivity contribution in [3.05, 3.63) is 35.0 Å². The number of pyridine rings is 1. The molecule has 6 nitrogen and oxygen atoms in total. The average Bonchev–Trinajstić information content (AvgIpc) is 2.48. The van der Waals surface area contributed by atoms with E-state index < -0.39 is 17.2 Å². The number of alkyl carbamates (subject to hydrolysis) is 1. The van der Waals surface area contributed by atoms with Crippen LogP contribution < -0.4 is 10.1 Å². The molecular formula is C19H24N2O4. The normalized spacial score (nSPS) is 24.9. The zero-order valence-corrected chi connectivity index (χ0v) is 15.3. The molecule has 0 fully saturated rings. The molecule has 2 bridgehead atoms. The van der Waals surface area contributed by atoms with E-state index in [0.717, 1.165) is 11.3 Å². The number of fused-ring (bicyclic) bond motifs is 4. The van der Waals surface area contributed by atoms with Crippen molar-refractivity contribution in [1.82, 2.24) is 10.3 Å². The van der Waals surface area contributed by atoms with Crippen LogP contribution >= 0.6 is 0 Å². The summed E-state index contributed by atoms with van der Waals surface area (Å²) in [4.78, 5) is 30.1. The SMILES string of the molecule is COc1ccc2c(n1)C[C@@H]1CC(C)=C[C@@]2(NC(=O)OC(C)(C)C)C1=O. The number of nitrogens with zero attached hydrogens (tertiary/aromatic N) is 1. The summed E-state index contributed by atoms with van der Waals surface area (Å²) in [5.74, 6) is 0.287. The smallest absolute Gasteiger partial charge is 0.408 e. The van der Waals surface area contributed by atoms with Gasteiger partial charge >= 0.3 is 6.09 Å². The number of carbonyl (C=O) groups is 2. The molecule has 0 aromatic carbocycles. The minimum Gasteiger partial charge on any atom is -0.481 e. The number of methoxy groups -OCH3 is 1. The Labute approximate surface area is 147 Å². The fourth-order valence-corrected chi connectivity index (χ4v) is 3.65. The van der Waals surface area contributed by atoms with Crippen LogP contribution in [0.5, 0.6) is 5.88 Å². The molecule has 0 spiro atoms. The molecule has 134 valence electrons. The maximum atomic E-state index is 13.1. The van der Waals surface area contributed by atoms with Crippen LogP contribution in [0.2, 0.25) is 0 Å². The summed E-state index contributed by atoms with van der Waals surface area (Å²) < 4.78 is 10.6. The van der Waals surface area contributed by atoms with E-state index >= 15 is 0 Å². The van der Waals surface area contributed by atoms with E-state index in [1.807, 2.05) is 19.1 Å². The Morgan fingerprint density at radius 1 is 1.32 bits per heavy atom. The highest BCUT2D eigenvalue weighted by Gasteiger charge is 2.51. The largest absolute Gasteiger partial charge is 0.481 e. The lowest BCUT2D eigenvalue weighted by atomic mass is 9.66. The molecule has 2 aliphatic rings. The van der Waals surface area contributed by atoms with Crippen molar-refractivity contribution in [1.29, 1.82) is 0 Å². The van der Waals surface area contributed by atoms with Crippen LogP contribution in [0.4, 0.5) is 4.79 Å². The van der Waals surface area contributed by atoms with Gasteiger partial charge in [0.1, 0.15) is 11.1 Å². The molecular weight excluding hydrogens is 320 g/mol. The van der Waals surface area contributed by atoms with Gasteiger partial charge in [0.05, 0.1) is 12.8 Å². The first-order chi connectivity index (χ1) is 11.6. The summed E-state index contributed by atoms with van der Waals surface area (Å²) in [6, 6.07) is 3.52. The van der Waals surface area contributed by atoms with Crippen molar-refractivity contribution in [2.75, 3.05) is 7.11 Å². The highest BCUT2D eigenvalue weighted by atomic mass is 16.6. The number of hydrogen-bond donors (Lipinski definition) is 1. The van der Waals surface area contributed by atoms with Gasteiger partial charge in [-0.05, 0) is 46.3 Å². The van der Waals surface area contributed by atoms with Crippen LogP contribution in [0.1, 0.15) is 45.4 Å². The van der Waals surface area contributed by atoms with Gasteiger partial charge in [-0.1, -0.05) is 5.57 Å². The number of Topliss-reactive ketones (excluding diaryl/α,β-unsaturated/α-hetero) is 1. The van der Waals surface area contributed by atoms with Gasteiger partial charge in [-0.2, -0.15) is 0 Å². The van der Waals surface area contributed by atoms with Crippen molar-refractivity contribution in [3.8, 4) is 5.88 Å². The van der Waals surface area contributed by atoms with Crippen molar-refractivity contribution >= 4 is 11.9 Å². The Balaban J connectivity index is 2.08. The Morgan fingerprint density at radius 3 is 2.68 bits per heavy atom. The minimum absolute atomic E-state index is 0.0107. The number of ketones is 1. The van der Waals surface area contributed by atoms with Gasteiger partial charge in [0.25, 0.3) is 0 Å². The number of amides is 1. The first kappa shape index (κ1) is 17.5. The molecule has 1 aromatic rings. The van der Waals surface area contributed by atoms with Crippen LogP contribution in [0.15, 0.2) is 23.8 Å². The lowest BCUT2D eigenvalue weighted by molar-refractivity contribution is -0.129. The predicted octanol–water partition coefficient (Wildman–Crippen LogP) is 2.90. The van der Waals surface area contributed by atoms with Crippen LogP contribution in [0, 0.1) is 5.92 Å². The Hall–Kier alpha value is -2.37. The van der Waals surface area contributed by atoms with Crippen LogP contribution in [0.3, 0.4) is 0 Å². The van der Waals surface area contributed by atoms with E-state index in [1.54, 1.807) is 33.9 Å². The van der Waals surface area contributed by atoms with E-state index in [-0.39, 0.29) is 11.7 Å². The third kappa shape index (κ3) is 3.13. The van der Waals surface area contributed by atoms with Crippen LogP contribution in [0.25, 0.3) is 0 Å². The summed E-state index contributed by atoms with van der Waals surface area (Å²) in [6.07, 6.45) is 2.44. The molecule has 0 radical (unpaired) electrons. The molecule has 0 aliphatic heterocycles. The number of allylic oxidation sites excluding steroid dienone is 1. The lowest BCUT2D eigenvalue weighted by Crippen LogP contribution is -2.58. The fourth-order valence-electron chi connectivity index (χ4n) is 3.65. The second-order valence-corrected chi connectivity index (χ2v) is 7.74. The van der Waals surface area contributed by atoms with Crippen molar-refractivity contribution in [2.45, 2.75) is 51.7 Å². The molecule has 3 rings (SSSR count). The Morgan fingerprint density at radius 2 is 2.04 bits per heavy atom. The van der Waals surface area contributed by atoms with Gasteiger partial charge in [-0.25, -0.2) is 9.78 Å². The summed E-state index contributed by atoms with van der Waals surface area (Å²) >= 11 is 0. The summed E-state index contributed by atoms with van der Waals surface area (Å²) in [6.45, 7) is 7.35. The Kier molecular flexibility index (Phi) is 4.09. The topological polar surface area (TPSA) is 77.5 Å². The highest BCUT2D eigenvalue weighted by Crippen LogP contribution is 2.43. The molecule has 2 aliphatic carbocycles. The minimum atomic E-state index is -1.22. The van der Waals surface area contributed by atoms with E-state index in [4.69, 9.17) is 9.47 Å². The lowest BCUT2D eigenvalue weighted by Gasteiger charge is -2.42. The standard InChI is InChI=1S/C19H24N2O4/c1-11-8-12-9-14-13(6-7-15(20-14)24-5)19(10-11,16(12)22)21-17(23)25-18(2,3)4/h6-7,10,12H,8-9H2,1-5H3,(H,21,23)/t12-,19-/m0/s1. The number of rotatable bonds is 2. The van der Waals surface area contributed by atoms with E-state index in [2.05, 4.69) is 10.3 Å². The number of nitrogens with one attached hydrogen (secondary N) is 1. The number of hydrogen-bond acceptors (Lipinski definition) is 5. The Bertz CT molecular complexity index is 763. The summed E-state index contributed by atoms with van der Waals surface area (Å²) in [5.41, 5.74) is 0.680. The maximum absolute atomic E-state index is 13.1. The van der Waals surface area contributed by atoms with Crippen molar-refractivity contribution in [2.24, 2.45) is 5.92 Å². The fraction of sp³-hybridized carbons (Fsp3) is 0.526. The van der Waals surface area contributed by atoms with Gasteiger partial charge in [0.2, 0.25) is 5.88 Å². The van der Waals surface area contributed by atoms with Crippen molar-refractivity contribution in [3.63, 3.8) is 0 Å². The zero-order chi connectivity index (χ0) is 18.4. The van der Waals surface area contributed by atoms with Gasteiger partial charge in [-0.15, -0.1) is 0 Å². The van der Waals surface area contributed by atoms with Crippen molar-refractivity contribution < 1.29 is 19.1 Å². The molecule has 25 heavy (non-hydrogen) atoms. The molecule has 1 amide bonds. The molecule has 6 heteroatoms. The first-order valence-electron chi connectivity index (χ1n) is 8.43. The highest BCUT2D eigenvalue weighted by molar-refractivity contribution is 5.99. The molecule has 0 saturated heterocycles. The number of ether oxygens (including phenoxy) is 2. The molecule has 0 saturated carbocycles. The third-order valence-corrected chi connectivity index (χ3v) is 4.51. The summed E-state index contributed by atoms with van der Waals surface area (Å²) in [5, 5.41) is 2.83.